The average molecular weight is 336 g/mol. The number of hydrogen-bond acceptors (Lipinski definition) is 2. The highest BCUT2D eigenvalue weighted by molar-refractivity contribution is 6.30. The molecule has 1 aliphatic heterocycles. The molecule has 0 aromatic heterocycles. The molecule has 2 fully saturated rings. The first kappa shape index (κ1) is 16.1. The smallest absolute Gasteiger partial charge is 0.317 e. The van der Waals surface area contributed by atoms with Crippen molar-refractivity contribution in [2.75, 3.05) is 27.2 Å². The maximum atomic E-state index is 12.3. The molecule has 3 atom stereocenters. The van der Waals surface area contributed by atoms with Gasteiger partial charge < -0.3 is 15.1 Å². The van der Waals surface area contributed by atoms with E-state index in [1.54, 1.807) is 23.9 Å². The number of nitrogens with one attached hydrogen (secondary N) is 1. The molecule has 1 saturated heterocycles. The first-order valence-corrected chi connectivity index (χ1v) is 8.35. The van der Waals surface area contributed by atoms with Crippen molar-refractivity contribution in [1.29, 1.82) is 0 Å². The second kappa shape index (κ2) is 6.40. The van der Waals surface area contributed by atoms with Crippen molar-refractivity contribution in [3.63, 3.8) is 0 Å². The van der Waals surface area contributed by atoms with E-state index in [9.17, 15) is 9.59 Å². The maximum Gasteiger partial charge on any atom is 0.317 e. The molecule has 0 radical (unpaired) electrons. The van der Waals surface area contributed by atoms with E-state index >= 15 is 0 Å². The third-order valence-electron chi connectivity index (χ3n) is 4.66. The molecule has 3 rings (SSSR count). The molecule has 5 nitrogen and oxygen atoms in total. The summed E-state index contributed by atoms with van der Waals surface area (Å²) in [6, 6.07) is 7.92. The molecule has 124 valence electrons. The minimum atomic E-state index is -0.0676. The summed E-state index contributed by atoms with van der Waals surface area (Å²) in [5.74, 6) is 0.408. The van der Waals surface area contributed by atoms with Gasteiger partial charge in [-0.3, -0.25) is 4.79 Å². The lowest BCUT2D eigenvalue weighted by atomic mass is 10.1. The van der Waals surface area contributed by atoms with Crippen molar-refractivity contribution in [3.05, 3.63) is 34.9 Å². The van der Waals surface area contributed by atoms with E-state index in [0.29, 0.717) is 19.0 Å². The van der Waals surface area contributed by atoms with Crippen molar-refractivity contribution in [2.24, 2.45) is 5.92 Å². The number of nitrogens with zero attached hydrogens (tertiary/aromatic N) is 2. The van der Waals surface area contributed by atoms with E-state index in [-0.39, 0.29) is 23.9 Å². The van der Waals surface area contributed by atoms with Crippen LogP contribution in [0.4, 0.5) is 4.79 Å². The Morgan fingerprint density at radius 2 is 1.96 bits per heavy atom. The van der Waals surface area contributed by atoms with E-state index in [0.717, 1.165) is 17.9 Å². The van der Waals surface area contributed by atoms with Crippen LogP contribution in [0.15, 0.2) is 24.3 Å². The minimum absolute atomic E-state index is 0.0551. The quantitative estimate of drug-likeness (QED) is 0.921. The molecule has 1 aliphatic carbocycles. The third-order valence-corrected chi connectivity index (χ3v) is 4.91. The number of likely N-dealkylation sites (tertiary alicyclic amines) is 1. The molecule has 1 saturated carbocycles. The summed E-state index contributed by atoms with van der Waals surface area (Å²) < 4.78 is 0. The highest BCUT2D eigenvalue weighted by Crippen LogP contribution is 2.41. The van der Waals surface area contributed by atoms with Gasteiger partial charge in [-0.25, -0.2) is 4.79 Å². The molecule has 6 heteroatoms. The number of benzene rings is 1. The van der Waals surface area contributed by atoms with Crippen molar-refractivity contribution >= 4 is 23.5 Å². The summed E-state index contributed by atoms with van der Waals surface area (Å²) in [5, 5.41) is 3.80. The Morgan fingerprint density at radius 1 is 1.26 bits per heavy atom. The lowest BCUT2D eigenvalue weighted by molar-refractivity contribution is -0.132. The Labute approximate surface area is 141 Å². The van der Waals surface area contributed by atoms with Gasteiger partial charge in [0.15, 0.2) is 0 Å². The van der Waals surface area contributed by atoms with E-state index < -0.39 is 0 Å². The Hall–Kier alpha value is -1.75. The Morgan fingerprint density at radius 3 is 2.61 bits per heavy atom. The lowest BCUT2D eigenvalue weighted by Crippen LogP contribution is -2.41. The minimum Gasteiger partial charge on any atom is -0.349 e. The zero-order chi connectivity index (χ0) is 16.6. The number of carbonyl (C=O) groups is 2. The molecule has 23 heavy (non-hydrogen) atoms. The zero-order valence-electron chi connectivity index (χ0n) is 13.5. The second-order valence-electron chi connectivity index (χ2n) is 6.61. The zero-order valence-corrected chi connectivity index (χ0v) is 14.2. The molecular formula is C17H22ClN3O2. The van der Waals surface area contributed by atoms with Crippen LogP contribution >= 0.6 is 11.6 Å². The molecule has 1 aromatic rings. The van der Waals surface area contributed by atoms with Crippen LogP contribution in [0.25, 0.3) is 0 Å². The van der Waals surface area contributed by atoms with E-state index in [1.165, 1.54) is 5.56 Å². The maximum absolute atomic E-state index is 12.3. The van der Waals surface area contributed by atoms with Crippen molar-refractivity contribution in [2.45, 2.75) is 24.8 Å². The Kier molecular flexibility index (Phi) is 4.48. The largest absolute Gasteiger partial charge is 0.349 e. The van der Waals surface area contributed by atoms with Crippen LogP contribution in [0.5, 0.6) is 0 Å². The molecule has 1 unspecified atom stereocenters. The third kappa shape index (κ3) is 3.61. The number of urea groups is 1. The van der Waals surface area contributed by atoms with Gasteiger partial charge in [-0.1, -0.05) is 23.7 Å². The van der Waals surface area contributed by atoms with Crippen molar-refractivity contribution in [1.82, 2.24) is 15.1 Å². The van der Waals surface area contributed by atoms with Gasteiger partial charge in [0.1, 0.15) is 0 Å². The van der Waals surface area contributed by atoms with Gasteiger partial charge in [0.25, 0.3) is 0 Å². The summed E-state index contributed by atoms with van der Waals surface area (Å²) in [5.41, 5.74) is 1.21. The number of carbonyl (C=O) groups excluding carboxylic acids is 2. The van der Waals surface area contributed by atoms with Gasteiger partial charge in [-0.2, -0.15) is 0 Å². The van der Waals surface area contributed by atoms with Gasteiger partial charge in [-0.15, -0.1) is 0 Å². The SMILES string of the molecule is CN(C)C(=O)C1CCN(C(=O)N[C@@H]2C[C@H]2c2ccc(Cl)cc2)C1. The summed E-state index contributed by atoms with van der Waals surface area (Å²) in [7, 11) is 3.51. The van der Waals surface area contributed by atoms with E-state index in [1.807, 2.05) is 24.3 Å². The van der Waals surface area contributed by atoms with Crippen molar-refractivity contribution < 1.29 is 9.59 Å². The lowest BCUT2D eigenvalue weighted by Gasteiger charge is -2.19. The van der Waals surface area contributed by atoms with Gasteiger partial charge >= 0.3 is 6.03 Å². The molecule has 2 aliphatic rings. The standard InChI is InChI=1S/C17H22ClN3O2/c1-20(2)16(22)12-7-8-21(10-12)17(23)19-15-9-14(15)11-3-5-13(18)6-4-11/h3-6,12,14-15H,7-10H2,1-2H3,(H,19,23)/t12?,14-,15+/m0/s1. The van der Waals surface area contributed by atoms with Crippen LogP contribution in [-0.4, -0.2) is 55.0 Å². The van der Waals surface area contributed by atoms with Crippen molar-refractivity contribution in [3.8, 4) is 0 Å². The average Bonchev–Trinajstić information content (AvgIpc) is 3.10. The Bertz CT molecular complexity index is 602. The highest BCUT2D eigenvalue weighted by atomic mass is 35.5. The summed E-state index contributed by atoms with van der Waals surface area (Å²) in [6.45, 7) is 1.16. The number of amides is 3. The first-order valence-electron chi connectivity index (χ1n) is 7.98. The molecule has 0 bridgehead atoms. The number of hydrogen-bond donors (Lipinski definition) is 1. The fourth-order valence-corrected chi connectivity index (χ4v) is 3.32. The molecule has 0 spiro atoms. The van der Waals surface area contributed by atoms with Gasteiger partial charge in [0.05, 0.1) is 5.92 Å². The van der Waals surface area contributed by atoms with Gasteiger partial charge in [0, 0.05) is 44.2 Å². The fourth-order valence-electron chi connectivity index (χ4n) is 3.19. The van der Waals surface area contributed by atoms with E-state index in [2.05, 4.69) is 5.32 Å². The summed E-state index contributed by atoms with van der Waals surface area (Å²) in [6.07, 6.45) is 1.71. The van der Waals surface area contributed by atoms with E-state index in [4.69, 9.17) is 11.6 Å². The fraction of sp³-hybridized carbons (Fsp3) is 0.529. The van der Waals surface area contributed by atoms with Crippen LogP contribution < -0.4 is 5.32 Å². The molecular weight excluding hydrogens is 314 g/mol. The molecule has 1 heterocycles. The predicted octanol–water partition coefficient (Wildman–Crippen LogP) is 2.32. The monoisotopic (exact) mass is 335 g/mol. The van der Waals surface area contributed by atoms with Crippen LogP contribution in [0.2, 0.25) is 5.02 Å². The molecule has 3 amide bonds. The molecule has 1 aromatic carbocycles. The van der Waals surface area contributed by atoms with Gasteiger partial charge in [0.2, 0.25) is 5.91 Å². The van der Waals surface area contributed by atoms with Crippen LogP contribution in [0.1, 0.15) is 24.3 Å². The highest BCUT2D eigenvalue weighted by Gasteiger charge is 2.41. The number of halogens is 1. The summed E-state index contributed by atoms with van der Waals surface area (Å²) in [4.78, 5) is 27.7. The predicted molar refractivity (Wildman–Crippen MR) is 89.5 cm³/mol. The second-order valence-corrected chi connectivity index (χ2v) is 7.05. The number of rotatable bonds is 3. The van der Waals surface area contributed by atoms with Crippen LogP contribution in [0.3, 0.4) is 0 Å². The van der Waals surface area contributed by atoms with Gasteiger partial charge in [-0.05, 0) is 30.5 Å². The van der Waals surface area contributed by atoms with Crippen LogP contribution in [-0.2, 0) is 4.79 Å². The summed E-state index contributed by atoms with van der Waals surface area (Å²) >= 11 is 5.90. The Balaban J connectivity index is 1.49. The molecule has 1 N–H and O–H groups in total. The normalized spacial score (nSPS) is 26.0. The van der Waals surface area contributed by atoms with Crippen LogP contribution in [0, 0.1) is 5.92 Å². The first-order chi connectivity index (χ1) is 11.0. The topological polar surface area (TPSA) is 52.7 Å².